The van der Waals surface area contributed by atoms with Crippen molar-refractivity contribution in [3.63, 3.8) is 0 Å². The van der Waals surface area contributed by atoms with Crippen LogP contribution in [0.4, 0.5) is 0 Å². The van der Waals surface area contributed by atoms with Crippen molar-refractivity contribution in [2.24, 2.45) is 11.8 Å². The van der Waals surface area contributed by atoms with E-state index in [2.05, 4.69) is 0 Å². The van der Waals surface area contributed by atoms with Crippen LogP contribution in [0.15, 0.2) is 30.3 Å². The highest BCUT2D eigenvalue weighted by Crippen LogP contribution is 2.42. The molecule has 0 spiro atoms. The van der Waals surface area contributed by atoms with Crippen LogP contribution >= 0.6 is 22.9 Å². The standard InChI is InChI=1S/C21H21ClO3S/c1-12-17(10-19(26-12)14-2-4-16(22)5-3-14)20-18(23)9-15(21(20)24)8-13-6-7-25-11-13/h2-5,10,13,15,20H,6-9,11H2,1H3. The molecule has 3 atom stereocenters. The molecule has 2 aromatic rings. The van der Waals surface area contributed by atoms with Crippen LogP contribution in [-0.4, -0.2) is 24.8 Å². The highest BCUT2D eigenvalue weighted by Gasteiger charge is 2.43. The van der Waals surface area contributed by atoms with Crippen molar-refractivity contribution < 1.29 is 14.3 Å². The number of thiophene rings is 1. The van der Waals surface area contributed by atoms with Gasteiger partial charge in [-0.05, 0) is 55.0 Å². The fraction of sp³-hybridized carbons (Fsp3) is 0.429. The summed E-state index contributed by atoms with van der Waals surface area (Å²) in [5, 5.41) is 0.696. The van der Waals surface area contributed by atoms with Crippen molar-refractivity contribution in [1.29, 1.82) is 0 Å². The first-order valence-corrected chi connectivity index (χ1v) is 10.2. The fourth-order valence-corrected chi connectivity index (χ4v) is 5.28. The van der Waals surface area contributed by atoms with E-state index in [-0.39, 0.29) is 17.5 Å². The average Bonchev–Trinajstić information content (AvgIpc) is 3.31. The van der Waals surface area contributed by atoms with Crippen molar-refractivity contribution in [3.8, 4) is 10.4 Å². The molecule has 1 aliphatic carbocycles. The van der Waals surface area contributed by atoms with Gasteiger partial charge < -0.3 is 4.74 Å². The second kappa shape index (κ2) is 7.26. The molecule has 2 heterocycles. The largest absolute Gasteiger partial charge is 0.381 e. The number of hydrogen-bond acceptors (Lipinski definition) is 4. The van der Waals surface area contributed by atoms with E-state index in [1.807, 2.05) is 37.3 Å². The van der Waals surface area contributed by atoms with Crippen LogP contribution in [0.25, 0.3) is 10.4 Å². The minimum absolute atomic E-state index is 0.0717. The summed E-state index contributed by atoms with van der Waals surface area (Å²) in [6, 6.07) is 9.68. The Morgan fingerprint density at radius 3 is 2.69 bits per heavy atom. The average molecular weight is 389 g/mol. The zero-order chi connectivity index (χ0) is 18.3. The molecule has 0 radical (unpaired) electrons. The van der Waals surface area contributed by atoms with Crippen LogP contribution in [0.3, 0.4) is 0 Å². The molecule has 3 unspecified atom stereocenters. The number of hydrogen-bond donors (Lipinski definition) is 0. The lowest BCUT2D eigenvalue weighted by molar-refractivity contribution is -0.125. The van der Waals surface area contributed by atoms with Crippen LogP contribution in [-0.2, 0) is 14.3 Å². The second-order valence-corrected chi connectivity index (χ2v) is 8.99. The van der Waals surface area contributed by atoms with E-state index in [1.54, 1.807) is 11.3 Å². The number of ether oxygens (including phenoxy) is 1. The predicted molar refractivity (Wildman–Crippen MR) is 104 cm³/mol. The highest BCUT2D eigenvalue weighted by molar-refractivity contribution is 7.15. The first-order valence-electron chi connectivity index (χ1n) is 9.03. The van der Waals surface area contributed by atoms with E-state index < -0.39 is 5.92 Å². The lowest BCUT2D eigenvalue weighted by Crippen LogP contribution is -2.17. The molecule has 0 amide bonds. The third-order valence-corrected chi connectivity index (χ3v) is 6.86. The van der Waals surface area contributed by atoms with Gasteiger partial charge in [0.05, 0.1) is 0 Å². The maximum absolute atomic E-state index is 13.0. The van der Waals surface area contributed by atoms with Gasteiger partial charge in [-0.3, -0.25) is 9.59 Å². The van der Waals surface area contributed by atoms with E-state index in [0.29, 0.717) is 17.4 Å². The summed E-state index contributed by atoms with van der Waals surface area (Å²) in [6.07, 6.45) is 2.17. The quantitative estimate of drug-likeness (QED) is 0.688. The summed E-state index contributed by atoms with van der Waals surface area (Å²) >= 11 is 7.60. The van der Waals surface area contributed by atoms with Gasteiger partial charge in [-0.15, -0.1) is 11.3 Å². The van der Waals surface area contributed by atoms with Crippen molar-refractivity contribution in [2.75, 3.05) is 13.2 Å². The fourth-order valence-electron chi connectivity index (χ4n) is 4.09. The van der Waals surface area contributed by atoms with Gasteiger partial charge >= 0.3 is 0 Å². The van der Waals surface area contributed by atoms with Gasteiger partial charge in [0.1, 0.15) is 11.7 Å². The van der Waals surface area contributed by atoms with Crippen LogP contribution in [0.2, 0.25) is 5.02 Å². The normalized spacial score (nSPS) is 26.0. The molecule has 1 aromatic heterocycles. The van der Waals surface area contributed by atoms with Gasteiger partial charge in [0, 0.05) is 40.3 Å². The van der Waals surface area contributed by atoms with Gasteiger partial charge in [0.15, 0.2) is 5.78 Å². The SMILES string of the molecule is Cc1sc(-c2ccc(Cl)cc2)cc1C1C(=O)CC(CC2CCOC2)C1=O. The summed E-state index contributed by atoms with van der Waals surface area (Å²) in [7, 11) is 0. The molecule has 136 valence electrons. The van der Waals surface area contributed by atoms with Gasteiger partial charge in [0.25, 0.3) is 0 Å². The molecule has 1 aliphatic heterocycles. The number of benzene rings is 1. The minimum Gasteiger partial charge on any atom is -0.381 e. The molecule has 1 saturated heterocycles. The molecule has 1 saturated carbocycles. The Hall–Kier alpha value is -1.49. The highest BCUT2D eigenvalue weighted by atomic mass is 35.5. The van der Waals surface area contributed by atoms with Crippen molar-refractivity contribution in [1.82, 2.24) is 0 Å². The Morgan fingerprint density at radius 1 is 1.23 bits per heavy atom. The van der Waals surface area contributed by atoms with Crippen molar-refractivity contribution >= 4 is 34.5 Å². The number of ketones is 2. The molecule has 4 rings (SSSR count). The van der Waals surface area contributed by atoms with E-state index >= 15 is 0 Å². The molecule has 2 aliphatic rings. The van der Waals surface area contributed by atoms with Crippen LogP contribution in [0.1, 0.15) is 35.6 Å². The van der Waals surface area contributed by atoms with Gasteiger partial charge in [-0.2, -0.15) is 0 Å². The lowest BCUT2D eigenvalue weighted by atomic mass is 9.89. The van der Waals surface area contributed by atoms with Crippen molar-refractivity contribution in [2.45, 2.75) is 32.1 Å². The summed E-state index contributed by atoms with van der Waals surface area (Å²) in [5.41, 5.74) is 1.95. The number of aryl methyl sites for hydroxylation is 1. The molecule has 3 nitrogen and oxygen atoms in total. The first-order chi connectivity index (χ1) is 12.5. The predicted octanol–water partition coefficient (Wildman–Crippen LogP) is 5.05. The Balaban J connectivity index is 1.57. The minimum atomic E-state index is -0.584. The number of carbonyl (C=O) groups is 2. The summed E-state index contributed by atoms with van der Waals surface area (Å²) < 4.78 is 5.42. The molecular formula is C21H21ClO3S. The van der Waals surface area contributed by atoms with E-state index in [0.717, 1.165) is 46.9 Å². The van der Waals surface area contributed by atoms with Crippen molar-refractivity contribution in [3.05, 3.63) is 45.8 Å². The zero-order valence-electron chi connectivity index (χ0n) is 14.7. The molecule has 26 heavy (non-hydrogen) atoms. The van der Waals surface area contributed by atoms with E-state index in [4.69, 9.17) is 16.3 Å². The van der Waals surface area contributed by atoms with Gasteiger partial charge in [0.2, 0.25) is 0 Å². The monoisotopic (exact) mass is 388 g/mol. The van der Waals surface area contributed by atoms with Crippen LogP contribution in [0.5, 0.6) is 0 Å². The van der Waals surface area contributed by atoms with E-state index in [9.17, 15) is 9.59 Å². The number of Topliss-reactive ketones (excluding diaryl/α,β-unsaturated/α-hetero) is 2. The number of carbonyl (C=O) groups excluding carboxylic acids is 2. The maximum Gasteiger partial charge on any atom is 0.151 e. The molecular weight excluding hydrogens is 368 g/mol. The summed E-state index contributed by atoms with van der Waals surface area (Å²) in [6.45, 7) is 3.50. The summed E-state index contributed by atoms with van der Waals surface area (Å²) in [4.78, 5) is 27.7. The topological polar surface area (TPSA) is 43.4 Å². The van der Waals surface area contributed by atoms with Crippen LogP contribution in [0, 0.1) is 18.8 Å². The Labute approximate surface area is 162 Å². The molecule has 0 N–H and O–H groups in total. The zero-order valence-corrected chi connectivity index (χ0v) is 16.2. The maximum atomic E-state index is 13.0. The Kier molecular flexibility index (Phi) is 5.00. The van der Waals surface area contributed by atoms with Crippen LogP contribution < -0.4 is 0 Å². The molecule has 0 bridgehead atoms. The molecule has 5 heteroatoms. The second-order valence-electron chi connectivity index (χ2n) is 7.30. The number of halogens is 1. The van der Waals surface area contributed by atoms with E-state index in [1.165, 1.54) is 0 Å². The third-order valence-electron chi connectivity index (χ3n) is 5.49. The smallest absolute Gasteiger partial charge is 0.151 e. The van der Waals surface area contributed by atoms with Gasteiger partial charge in [-0.1, -0.05) is 23.7 Å². The molecule has 1 aromatic carbocycles. The third kappa shape index (κ3) is 3.38. The Morgan fingerprint density at radius 2 is 2.00 bits per heavy atom. The first kappa shape index (κ1) is 17.9. The molecule has 2 fully saturated rings. The van der Waals surface area contributed by atoms with Gasteiger partial charge in [-0.25, -0.2) is 0 Å². The summed E-state index contributed by atoms with van der Waals surface area (Å²) in [5.74, 6) is -0.131. The lowest BCUT2D eigenvalue weighted by Gasteiger charge is -2.13. The Bertz CT molecular complexity index is 833. The number of rotatable bonds is 4.